The Bertz CT molecular complexity index is 657. The summed E-state index contributed by atoms with van der Waals surface area (Å²) in [5, 5.41) is 21.4. The number of carbonyl (C=O) groups is 1. The lowest BCUT2D eigenvalue weighted by Crippen LogP contribution is -2.36. The first-order chi connectivity index (χ1) is 10.8. The van der Waals surface area contributed by atoms with Crippen molar-refractivity contribution < 1.29 is 28.2 Å². The van der Waals surface area contributed by atoms with Crippen LogP contribution in [0.25, 0.3) is 0 Å². The molecule has 1 heterocycles. The number of rotatable bonds is 5. The van der Waals surface area contributed by atoms with Crippen molar-refractivity contribution in [2.75, 3.05) is 0 Å². The Morgan fingerprint density at radius 1 is 1.13 bits per heavy atom. The topological polar surface area (TPSA) is 73.2 Å². The number of benzene rings is 1. The average Bonchev–Trinajstić information content (AvgIpc) is 2.52. The van der Waals surface area contributed by atoms with E-state index in [0.29, 0.717) is 11.1 Å². The highest BCUT2D eigenvalue weighted by Crippen LogP contribution is 2.30. The number of hydrogen-bond acceptors (Lipinski definition) is 4. The molecule has 2 aromatic rings. The van der Waals surface area contributed by atoms with Gasteiger partial charge in [0.25, 0.3) is 0 Å². The van der Waals surface area contributed by atoms with Crippen LogP contribution in [0.4, 0.5) is 13.2 Å². The van der Waals surface area contributed by atoms with Crippen molar-refractivity contribution in [1.29, 1.82) is 0 Å². The largest absolute Gasteiger partial charge is 0.550 e. The molecule has 0 amide bonds. The second kappa shape index (κ2) is 6.78. The smallest absolute Gasteiger partial charge is 0.416 e. The van der Waals surface area contributed by atoms with Crippen LogP contribution in [-0.2, 0) is 17.4 Å². The quantitative estimate of drug-likeness (QED) is 0.909. The number of carboxylic acids is 1. The number of aromatic nitrogens is 1. The predicted octanol–water partition coefficient (Wildman–Crippen LogP) is 1.74. The Hall–Kier alpha value is -2.41. The first kappa shape index (κ1) is 17.0. The molecular weight excluding hydrogens is 311 g/mol. The molecule has 0 fully saturated rings. The Labute approximate surface area is 130 Å². The third-order valence-electron chi connectivity index (χ3n) is 3.47. The fourth-order valence-corrected chi connectivity index (χ4v) is 2.20. The summed E-state index contributed by atoms with van der Waals surface area (Å²) in [6, 6.07) is 7.07. The molecule has 23 heavy (non-hydrogen) atoms. The van der Waals surface area contributed by atoms with Crippen molar-refractivity contribution in [3.05, 3.63) is 65.5 Å². The molecule has 1 N–H and O–H groups in total. The molecule has 0 aliphatic heterocycles. The molecule has 0 saturated heterocycles. The third kappa shape index (κ3) is 4.29. The van der Waals surface area contributed by atoms with Crippen LogP contribution in [0.2, 0.25) is 0 Å². The first-order valence-electron chi connectivity index (χ1n) is 6.74. The van der Waals surface area contributed by atoms with E-state index < -0.39 is 29.7 Å². The summed E-state index contributed by atoms with van der Waals surface area (Å²) in [7, 11) is 0. The van der Waals surface area contributed by atoms with Crippen LogP contribution < -0.4 is 5.11 Å². The summed E-state index contributed by atoms with van der Waals surface area (Å²) in [6.45, 7) is 0. The molecule has 2 atom stereocenters. The van der Waals surface area contributed by atoms with E-state index in [4.69, 9.17) is 0 Å². The van der Waals surface area contributed by atoms with Gasteiger partial charge in [0.1, 0.15) is 0 Å². The van der Waals surface area contributed by atoms with Crippen molar-refractivity contribution in [2.45, 2.75) is 18.7 Å². The Morgan fingerprint density at radius 2 is 1.70 bits per heavy atom. The number of hydrogen-bond donors (Lipinski definition) is 1. The predicted molar refractivity (Wildman–Crippen MR) is 72.8 cm³/mol. The van der Waals surface area contributed by atoms with Gasteiger partial charge in [0, 0.05) is 24.3 Å². The standard InChI is InChI=1S/C16H14F3NO3/c17-16(18,19)12-3-1-10(2-4-12)9-13(15(22)23)14(21)11-5-7-20-8-6-11/h1-8,13-14,21H,9H2,(H,22,23)/p-1. The molecule has 0 saturated carbocycles. The Morgan fingerprint density at radius 3 is 2.17 bits per heavy atom. The van der Waals surface area contributed by atoms with Crippen LogP contribution in [0.1, 0.15) is 22.8 Å². The molecule has 0 bridgehead atoms. The fraction of sp³-hybridized carbons (Fsp3) is 0.250. The monoisotopic (exact) mass is 324 g/mol. The number of halogens is 3. The number of alkyl halides is 3. The lowest BCUT2D eigenvalue weighted by atomic mass is 9.90. The minimum Gasteiger partial charge on any atom is -0.550 e. The SMILES string of the molecule is O=C([O-])C(Cc1ccc(C(F)(F)F)cc1)C(O)c1ccncc1. The maximum atomic E-state index is 12.5. The minimum atomic E-state index is -4.46. The molecule has 0 spiro atoms. The number of aliphatic hydroxyl groups excluding tert-OH is 1. The van der Waals surface area contributed by atoms with Gasteiger partial charge in [0.05, 0.1) is 11.7 Å². The molecular formula is C16H13F3NO3-. The zero-order valence-electron chi connectivity index (χ0n) is 11.8. The number of carboxylic acid groups (broad SMARTS) is 1. The van der Waals surface area contributed by atoms with Gasteiger partial charge in [-0.05, 0) is 41.8 Å². The summed E-state index contributed by atoms with van der Waals surface area (Å²) >= 11 is 0. The normalized spacial score (nSPS) is 14.3. The Kier molecular flexibility index (Phi) is 5.00. The molecule has 2 unspecified atom stereocenters. The van der Waals surface area contributed by atoms with Crippen LogP contribution >= 0.6 is 0 Å². The first-order valence-corrected chi connectivity index (χ1v) is 6.74. The van der Waals surface area contributed by atoms with Gasteiger partial charge >= 0.3 is 6.18 Å². The van der Waals surface area contributed by atoms with Gasteiger partial charge in [-0.15, -0.1) is 0 Å². The maximum absolute atomic E-state index is 12.5. The van der Waals surface area contributed by atoms with E-state index in [1.54, 1.807) is 0 Å². The van der Waals surface area contributed by atoms with Crippen molar-refractivity contribution in [1.82, 2.24) is 4.98 Å². The van der Waals surface area contributed by atoms with E-state index in [1.165, 1.54) is 36.7 Å². The summed E-state index contributed by atoms with van der Waals surface area (Å²) < 4.78 is 37.5. The van der Waals surface area contributed by atoms with Crippen LogP contribution in [-0.4, -0.2) is 16.1 Å². The van der Waals surface area contributed by atoms with E-state index >= 15 is 0 Å². The van der Waals surface area contributed by atoms with Gasteiger partial charge in [0.2, 0.25) is 0 Å². The van der Waals surface area contributed by atoms with Gasteiger partial charge in [-0.1, -0.05) is 12.1 Å². The van der Waals surface area contributed by atoms with Crippen molar-refractivity contribution in [3.63, 3.8) is 0 Å². The molecule has 122 valence electrons. The van der Waals surface area contributed by atoms with Crippen LogP contribution in [0.3, 0.4) is 0 Å². The van der Waals surface area contributed by atoms with Gasteiger partial charge in [-0.25, -0.2) is 0 Å². The number of carbonyl (C=O) groups excluding carboxylic acids is 1. The maximum Gasteiger partial charge on any atom is 0.416 e. The number of pyridine rings is 1. The van der Waals surface area contributed by atoms with E-state index in [2.05, 4.69) is 4.98 Å². The minimum absolute atomic E-state index is 0.149. The van der Waals surface area contributed by atoms with Gasteiger partial charge in [-0.2, -0.15) is 13.2 Å². The molecule has 2 rings (SSSR count). The summed E-state index contributed by atoms with van der Waals surface area (Å²) in [4.78, 5) is 15.0. The van der Waals surface area contributed by atoms with Gasteiger partial charge in [0.15, 0.2) is 0 Å². The van der Waals surface area contributed by atoms with E-state index in [-0.39, 0.29) is 6.42 Å². The molecule has 4 nitrogen and oxygen atoms in total. The number of aliphatic carboxylic acids is 1. The highest BCUT2D eigenvalue weighted by Gasteiger charge is 2.30. The summed E-state index contributed by atoms with van der Waals surface area (Å²) in [5.41, 5.74) is -0.109. The van der Waals surface area contributed by atoms with Crippen molar-refractivity contribution >= 4 is 5.97 Å². The molecule has 7 heteroatoms. The van der Waals surface area contributed by atoms with Crippen molar-refractivity contribution in [3.8, 4) is 0 Å². The van der Waals surface area contributed by atoms with E-state index in [0.717, 1.165) is 12.1 Å². The van der Waals surface area contributed by atoms with Gasteiger partial charge < -0.3 is 15.0 Å². The highest BCUT2D eigenvalue weighted by molar-refractivity contribution is 5.69. The van der Waals surface area contributed by atoms with E-state index in [9.17, 15) is 28.2 Å². The molecule has 0 aliphatic carbocycles. The van der Waals surface area contributed by atoms with Gasteiger partial charge in [-0.3, -0.25) is 4.98 Å². The third-order valence-corrected chi connectivity index (χ3v) is 3.47. The van der Waals surface area contributed by atoms with Crippen LogP contribution in [0, 0.1) is 5.92 Å². The zero-order chi connectivity index (χ0) is 17.0. The van der Waals surface area contributed by atoms with Crippen LogP contribution in [0.15, 0.2) is 48.8 Å². The second-order valence-corrected chi connectivity index (χ2v) is 5.05. The number of aliphatic hydroxyl groups is 1. The summed E-state index contributed by atoms with van der Waals surface area (Å²) in [6.07, 6.45) is -3.14. The molecule has 1 aromatic heterocycles. The average molecular weight is 324 g/mol. The van der Waals surface area contributed by atoms with Crippen molar-refractivity contribution in [2.24, 2.45) is 5.92 Å². The van der Waals surface area contributed by atoms with Crippen LogP contribution in [0.5, 0.6) is 0 Å². The Balaban J connectivity index is 2.18. The zero-order valence-corrected chi connectivity index (χ0v) is 11.8. The lowest BCUT2D eigenvalue weighted by molar-refractivity contribution is -0.314. The fourth-order valence-electron chi connectivity index (χ4n) is 2.20. The highest BCUT2D eigenvalue weighted by atomic mass is 19.4. The molecule has 0 aliphatic rings. The summed E-state index contributed by atoms with van der Waals surface area (Å²) in [5.74, 6) is -2.76. The second-order valence-electron chi connectivity index (χ2n) is 5.05. The molecule has 0 radical (unpaired) electrons. The molecule has 1 aromatic carbocycles. The lowest BCUT2D eigenvalue weighted by Gasteiger charge is -2.24. The van der Waals surface area contributed by atoms with E-state index in [1.807, 2.05) is 0 Å². The number of nitrogens with zero attached hydrogens (tertiary/aromatic N) is 1.